The summed E-state index contributed by atoms with van der Waals surface area (Å²) in [7, 11) is 1.58. The number of aromatic nitrogens is 1. The van der Waals surface area contributed by atoms with Gasteiger partial charge in [0.1, 0.15) is 5.75 Å². The van der Waals surface area contributed by atoms with Gasteiger partial charge in [-0.25, -0.2) is 9.78 Å². The lowest BCUT2D eigenvalue weighted by atomic mass is 10.1. The molecule has 17 heavy (non-hydrogen) atoms. The molecule has 0 aliphatic heterocycles. The van der Waals surface area contributed by atoms with Gasteiger partial charge < -0.3 is 9.84 Å². The van der Waals surface area contributed by atoms with Gasteiger partial charge in [0.15, 0.2) is 5.69 Å². The summed E-state index contributed by atoms with van der Waals surface area (Å²) in [4.78, 5) is 15.4. The molecule has 4 nitrogen and oxygen atoms in total. The van der Waals surface area contributed by atoms with E-state index >= 15 is 0 Å². The number of aromatic carboxylic acids is 1. The Balaban J connectivity index is 2.50. The minimum atomic E-state index is -1.02. The first-order valence-electron chi connectivity index (χ1n) is 4.64. The Morgan fingerprint density at radius 2 is 2.29 bits per heavy atom. The summed E-state index contributed by atoms with van der Waals surface area (Å²) >= 11 is 4.67. The number of ether oxygens (including phenoxy) is 1. The van der Waals surface area contributed by atoms with Gasteiger partial charge in [0.25, 0.3) is 0 Å². The van der Waals surface area contributed by atoms with Crippen LogP contribution >= 0.6 is 27.3 Å². The quantitative estimate of drug-likeness (QED) is 0.944. The van der Waals surface area contributed by atoms with Crippen molar-refractivity contribution in [1.82, 2.24) is 4.98 Å². The largest absolute Gasteiger partial charge is 0.496 e. The van der Waals surface area contributed by atoms with E-state index in [2.05, 4.69) is 20.9 Å². The second-order valence-electron chi connectivity index (χ2n) is 3.18. The molecule has 2 rings (SSSR count). The minimum Gasteiger partial charge on any atom is -0.496 e. The van der Waals surface area contributed by atoms with Crippen LogP contribution in [0.3, 0.4) is 0 Å². The van der Waals surface area contributed by atoms with Crippen LogP contribution in [0.5, 0.6) is 5.75 Å². The maximum Gasteiger partial charge on any atom is 0.356 e. The summed E-state index contributed by atoms with van der Waals surface area (Å²) in [6.07, 6.45) is 0. The summed E-state index contributed by atoms with van der Waals surface area (Å²) in [5.41, 5.74) is 2.40. The molecule has 0 unspecified atom stereocenters. The van der Waals surface area contributed by atoms with Gasteiger partial charge in [0.2, 0.25) is 0 Å². The number of nitrogens with zero attached hydrogens (tertiary/aromatic N) is 1. The molecule has 0 saturated carbocycles. The maximum atomic E-state index is 11.0. The fourth-order valence-electron chi connectivity index (χ4n) is 1.41. The van der Waals surface area contributed by atoms with Crippen molar-refractivity contribution in [2.24, 2.45) is 0 Å². The molecule has 0 atom stereocenters. The Morgan fingerprint density at radius 3 is 2.88 bits per heavy atom. The second-order valence-corrected chi connectivity index (χ2v) is 4.89. The third-order valence-corrected chi connectivity index (χ3v) is 3.68. The zero-order chi connectivity index (χ0) is 12.4. The summed E-state index contributed by atoms with van der Waals surface area (Å²) in [6, 6.07) is 5.41. The number of carboxylic acid groups (broad SMARTS) is 1. The zero-order valence-corrected chi connectivity index (χ0v) is 11.2. The normalized spacial score (nSPS) is 10.2. The number of carboxylic acids is 1. The highest BCUT2D eigenvalue weighted by molar-refractivity contribution is 9.10. The van der Waals surface area contributed by atoms with Gasteiger partial charge in [0.05, 0.1) is 22.0 Å². The van der Waals surface area contributed by atoms with Crippen molar-refractivity contribution in [3.63, 3.8) is 0 Å². The van der Waals surface area contributed by atoms with Crippen molar-refractivity contribution in [3.8, 4) is 16.2 Å². The summed E-state index contributed by atoms with van der Waals surface area (Å²) in [6.45, 7) is 0. The van der Waals surface area contributed by atoms with E-state index in [1.807, 2.05) is 12.1 Å². The number of halogens is 1. The maximum absolute atomic E-state index is 11.0. The highest BCUT2D eigenvalue weighted by Crippen LogP contribution is 2.33. The van der Waals surface area contributed by atoms with Gasteiger partial charge in [-0.2, -0.15) is 0 Å². The molecule has 0 bridgehead atoms. The molecule has 0 aliphatic rings. The molecule has 0 saturated heterocycles. The molecule has 0 spiro atoms. The number of hydrogen-bond donors (Lipinski definition) is 1. The van der Waals surface area contributed by atoms with Gasteiger partial charge in [0, 0.05) is 0 Å². The van der Waals surface area contributed by atoms with E-state index in [1.165, 1.54) is 16.8 Å². The molecule has 2 aromatic rings. The summed E-state index contributed by atoms with van der Waals surface area (Å²) in [5.74, 6) is -0.316. The molecule has 6 heteroatoms. The zero-order valence-electron chi connectivity index (χ0n) is 8.81. The third-order valence-electron chi connectivity index (χ3n) is 2.18. The van der Waals surface area contributed by atoms with Crippen molar-refractivity contribution in [2.45, 2.75) is 0 Å². The van der Waals surface area contributed by atoms with E-state index < -0.39 is 5.97 Å². The van der Waals surface area contributed by atoms with Crippen LogP contribution in [0.25, 0.3) is 10.4 Å². The molecule has 0 aliphatic carbocycles. The number of rotatable bonds is 3. The lowest BCUT2D eigenvalue weighted by molar-refractivity contribution is 0.0692. The monoisotopic (exact) mass is 313 g/mol. The number of benzene rings is 1. The molecule has 0 amide bonds. The lowest BCUT2D eigenvalue weighted by Gasteiger charge is -2.05. The first-order chi connectivity index (χ1) is 8.13. The van der Waals surface area contributed by atoms with E-state index in [0.717, 1.165) is 10.0 Å². The molecular weight excluding hydrogens is 306 g/mol. The lowest BCUT2D eigenvalue weighted by Crippen LogP contribution is -1.98. The molecule has 1 aromatic heterocycles. The van der Waals surface area contributed by atoms with E-state index in [1.54, 1.807) is 13.2 Å². The minimum absolute atomic E-state index is 0.0760. The van der Waals surface area contributed by atoms with Gasteiger partial charge in [-0.05, 0) is 39.7 Å². The van der Waals surface area contributed by atoms with E-state index in [9.17, 15) is 4.79 Å². The summed E-state index contributed by atoms with van der Waals surface area (Å²) < 4.78 is 5.90. The molecule has 0 fully saturated rings. The van der Waals surface area contributed by atoms with Crippen molar-refractivity contribution < 1.29 is 14.6 Å². The fraction of sp³-hybridized carbons (Fsp3) is 0.0909. The Kier molecular flexibility index (Phi) is 3.44. The van der Waals surface area contributed by atoms with E-state index in [0.29, 0.717) is 10.6 Å². The standard InChI is InChI=1S/C11H8BrNO3S/c1-16-8-3-2-6(4-7(8)12)10-9(11(14)15)13-5-17-10/h2-5H,1H3,(H,14,15). The smallest absolute Gasteiger partial charge is 0.356 e. The van der Waals surface area contributed by atoms with E-state index in [4.69, 9.17) is 9.84 Å². The first-order valence-corrected chi connectivity index (χ1v) is 6.31. The average molecular weight is 314 g/mol. The number of thiazole rings is 1. The van der Waals surface area contributed by atoms with Crippen molar-refractivity contribution in [3.05, 3.63) is 33.9 Å². The van der Waals surface area contributed by atoms with Crippen LogP contribution < -0.4 is 4.74 Å². The van der Waals surface area contributed by atoms with Crippen LogP contribution in [-0.2, 0) is 0 Å². The number of carbonyl (C=O) groups is 1. The SMILES string of the molecule is COc1ccc(-c2scnc2C(=O)O)cc1Br. The predicted molar refractivity (Wildman–Crippen MR) is 68.8 cm³/mol. The Labute approximate surface area is 110 Å². The van der Waals surface area contributed by atoms with Crippen molar-refractivity contribution in [2.75, 3.05) is 7.11 Å². The number of hydrogen-bond acceptors (Lipinski definition) is 4. The van der Waals surface area contributed by atoms with Crippen LogP contribution in [-0.4, -0.2) is 23.2 Å². The van der Waals surface area contributed by atoms with Gasteiger partial charge in [-0.3, -0.25) is 0 Å². The Bertz CT molecular complexity index is 568. The Hall–Kier alpha value is -1.40. The van der Waals surface area contributed by atoms with Crippen LogP contribution in [0.2, 0.25) is 0 Å². The van der Waals surface area contributed by atoms with Crippen molar-refractivity contribution in [1.29, 1.82) is 0 Å². The van der Waals surface area contributed by atoms with Crippen LogP contribution in [0.15, 0.2) is 28.2 Å². The first kappa shape index (κ1) is 12.1. The van der Waals surface area contributed by atoms with Gasteiger partial charge in [-0.1, -0.05) is 0 Å². The molecular formula is C11H8BrNO3S. The van der Waals surface area contributed by atoms with Crippen LogP contribution in [0.1, 0.15) is 10.5 Å². The molecule has 0 radical (unpaired) electrons. The van der Waals surface area contributed by atoms with Crippen LogP contribution in [0.4, 0.5) is 0 Å². The molecule has 1 aromatic carbocycles. The van der Waals surface area contributed by atoms with Crippen molar-refractivity contribution >= 4 is 33.2 Å². The predicted octanol–water partition coefficient (Wildman–Crippen LogP) is 3.28. The Morgan fingerprint density at radius 1 is 1.53 bits per heavy atom. The highest BCUT2D eigenvalue weighted by atomic mass is 79.9. The van der Waals surface area contributed by atoms with Gasteiger partial charge >= 0.3 is 5.97 Å². The third kappa shape index (κ3) is 2.32. The molecule has 1 heterocycles. The number of methoxy groups -OCH3 is 1. The van der Waals surface area contributed by atoms with E-state index in [-0.39, 0.29) is 5.69 Å². The van der Waals surface area contributed by atoms with Gasteiger partial charge in [-0.15, -0.1) is 11.3 Å². The van der Waals surface area contributed by atoms with Crippen LogP contribution in [0, 0.1) is 0 Å². The fourth-order valence-corrected chi connectivity index (χ4v) is 2.73. The molecule has 88 valence electrons. The average Bonchev–Trinajstić information content (AvgIpc) is 2.77. The summed E-state index contributed by atoms with van der Waals surface area (Å²) in [5, 5.41) is 8.99. The topological polar surface area (TPSA) is 59.4 Å². The molecule has 1 N–H and O–H groups in total. The highest BCUT2D eigenvalue weighted by Gasteiger charge is 2.15. The second kappa shape index (κ2) is 4.85.